The molecule has 138 valence electrons. The predicted molar refractivity (Wildman–Crippen MR) is 97.4 cm³/mol. The van der Waals surface area contributed by atoms with Gasteiger partial charge in [-0.3, -0.25) is 9.59 Å². The zero-order chi connectivity index (χ0) is 19.2. The van der Waals surface area contributed by atoms with Crippen LogP contribution in [0.2, 0.25) is 0 Å². The Balaban J connectivity index is 1.64. The molecule has 1 aromatic heterocycles. The van der Waals surface area contributed by atoms with Gasteiger partial charge in [-0.1, -0.05) is 12.1 Å². The first-order valence-electron chi connectivity index (χ1n) is 8.82. The van der Waals surface area contributed by atoms with E-state index < -0.39 is 0 Å². The average Bonchev–Trinajstić information content (AvgIpc) is 2.74. The van der Waals surface area contributed by atoms with Crippen LogP contribution in [0, 0.1) is 17.2 Å². The van der Waals surface area contributed by atoms with E-state index >= 15 is 0 Å². The number of nitriles is 1. The predicted octanol–water partition coefficient (Wildman–Crippen LogP) is 2.48. The summed E-state index contributed by atoms with van der Waals surface area (Å²) in [5, 5.41) is 19.9. The van der Waals surface area contributed by atoms with Gasteiger partial charge in [0.05, 0.1) is 42.1 Å². The third-order valence-electron chi connectivity index (χ3n) is 4.82. The minimum absolute atomic E-state index is 0.0323. The number of carbonyl (C=O) groups excluding carboxylic acids is 2. The maximum atomic E-state index is 12.6. The highest BCUT2D eigenvalue weighted by molar-refractivity contribution is 5.95. The summed E-state index contributed by atoms with van der Waals surface area (Å²) in [5.41, 5.74) is 2.35. The monoisotopic (exact) mass is 364 g/mol. The molecule has 2 aromatic rings. The molecule has 0 saturated heterocycles. The van der Waals surface area contributed by atoms with Crippen LogP contribution in [0.25, 0.3) is 11.3 Å². The van der Waals surface area contributed by atoms with Crippen LogP contribution in [0.3, 0.4) is 0 Å². The number of rotatable bonds is 4. The first kappa shape index (κ1) is 18.5. The third-order valence-corrected chi connectivity index (χ3v) is 4.82. The Kier molecular flexibility index (Phi) is 5.77. The molecule has 1 amide bonds. The molecule has 7 nitrogen and oxygen atoms in total. The Hall–Kier alpha value is -3.27. The molecule has 7 heteroatoms. The van der Waals surface area contributed by atoms with Crippen molar-refractivity contribution in [2.75, 3.05) is 7.11 Å². The van der Waals surface area contributed by atoms with Gasteiger partial charge in [0.2, 0.25) is 0 Å². The van der Waals surface area contributed by atoms with Crippen molar-refractivity contribution in [3.05, 3.63) is 47.7 Å². The van der Waals surface area contributed by atoms with E-state index in [-0.39, 0.29) is 23.8 Å². The molecule has 0 spiro atoms. The largest absolute Gasteiger partial charge is 0.469 e. The molecule has 27 heavy (non-hydrogen) atoms. The maximum Gasteiger partial charge on any atom is 0.308 e. The molecule has 1 heterocycles. The van der Waals surface area contributed by atoms with Crippen LogP contribution in [-0.2, 0) is 9.53 Å². The van der Waals surface area contributed by atoms with Crippen LogP contribution < -0.4 is 5.32 Å². The number of nitrogens with zero attached hydrogens (tertiary/aromatic N) is 3. The van der Waals surface area contributed by atoms with Gasteiger partial charge in [-0.2, -0.15) is 15.5 Å². The lowest BCUT2D eigenvalue weighted by Crippen LogP contribution is -2.39. The van der Waals surface area contributed by atoms with Gasteiger partial charge < -0.3 is 10.1 Å². The van der Waals surface area contributed by atoms with Crippen LogP contribution in [0.1, 0.15) is 41.6 Å². The summed E-state index contributed by atoms with van der Waals surface area (Å²) in [6.07, 6.45) is 4.34. The first-order chi connectivity index (χ1) is 13.1. The smallest absolute Gasteiger partial charge is 0.308 e. The van der Waals surface area contributed by atoms with Crippen LogP contribution in [0.15, 0.2) is 36.5 Å². The number of amides is 1. The SMILES string of the molecule is COC(=O)[C@H]1CC[C@H](NC(=O)c2cnnc(-c3ccc(C#N)cc3)c2)CC1. The van der Waals surface area contributed by atoms with E-state index in [4.69, 9.17) is 10.00 Å². The molecule has 1 aliphatic carbocycles. The second kappa shape index (κ2) is 8.41. The van der Waals surface area contributed by atoms with Crippen molar-refractivity contribution in [3.63, 3.8) is 0 Å². The average molecular weight is 364 g/mol. The van der Waals surface area contributed by atoms with E-state index in [2.05, 4.69) is 21.6 Å². The normalized spacial score (nSPS) is 19.0. The molecule has 1 aliphatic rings. The van der Waals surface area contributed by atoms with Gasteiger partial charge in [-0.25, -0.2) is 0 Å². The summed E-state index contributed by atoms with van der Waals surface area (Å²) in [6.45, 7) is 0. The Morgan fingerprint density at radius 3 is 2.52 bits per heavy atom. The van der Waals surface area contributed by atoms with E-state index in [0.717, 1.165) is 18.4 Å². The van der Waals surface area contributed by atoms with E-state index in [1.54, 1.807) is 30.3 Å². The van der Waals surface area contributed by atoms with Gasteiger partial charge in [0, 0.05) is 11.6 Å². The molecular weight excluding hydrogens is 344 g/mol. The molecule has 1 fully saturated rings. The van der Waals surface area contributed by atoms with Crippen molar-refractivity contribution in [1.29, 1.82) is 5.26 Å². The maximum absolute atomic E-state index is 12.6. The van der Waals surface area contributed by atoms with Gasteiger partial charge >= 0.3 is 5.97 Å². The van der Waals surface area contributed by atoms with Crippen molar-refractivity contribution in [1.82, 2.24) is 15.5 Å². The van der Waals surface area contributed by atoms with Crippen LogP contribution in [0.4, 0.5) is 0 Å². The van der Waals surface area contributed by atoms with Crippen molar-refractivity contribution < 1.29 is 14.3 Å². The Labute approximate surface area is 157 Å². The minimum atomic E-state index is -0.207. The van der Waals surface area contributed by atoms with Crippen LogP contribution in [-0.4, -0.2) is 35.2 Å². The summed E-state index contributed by atoms with van der Waals surface area (Å²) in [6, 6.07) is 10.7. The van der Waals surface area contributed by atoms with Gasteiger partial charge in [-0.05, 0) is 43.9 Å². The van der Waals surface area contributed by atoms with Crippen molar-refractivity contribution in [2.45, 2.75) is 31.7 Å². The first-order valence-corrected chi connectivity index (χ1v) is 8.82. The number of hydrogen-bond acceptors (Lipinski definition) is 6. The second-order valence-corrected chi connectivity index (χ2v) is 6.56. The van der Waals surface area contributed by atoms with Crippen LogP contribution in [0.5, 0.6) is 0 Å². The van der Waals surface area contributed by atoms with Gasteiger partial charge in [-0.15, -0.1) is 0 Å². The van der Waals surface area contributed by atoms with Gasteiger partial charge in [0.25, 0.3) is 5.91 Å². The lowest BCUT2D eigenvalue weighted by molar-refractivity contribution is -0.146. The Morgan fingerprint density at radius 1 is 1.19 bits per heavy atom. The standard InChI is InChI=1S/C20H20N4O3/c1-27-20(26)15-6-8-17(9-7-15)23-19(25)16-10-18(24-22-12-16)14-4-2-13(11-21)3-5-14/h2-5,10,12,15,17H,6-9H2,1H3,(H,23,25)/t15-,17-. The number of hydrogen-bond donors (Lipinski definition) is 1. The highest BCUT2D eigenvalue weighted by Crippen LogP contribution is 2.25. The highest BCUT2D eigenvalue weighted by atomic mass is 16.5. The molecule has 3 rings (SSSR count). The molecular formula is C20H20N4O3. The number of methoxy groups -OCH3 is 1. The number of esters is 1. The number of aromatic nitrogens is 2. The van der Waals surface area contributed by atoms with Crippen molar-refractivity contribution in [3.8, 4) is 17.3 Å². The summed E-state index contributed by atoms with van der Waals surface area (Å²) in [7, 11) is 1.40. The molecule has 1 aromatic carbocycles. The van der Waals surface area contributed by atoms with E-state index in [0.29, 0.717) is 29.7 Å². The zero-order valence-corrected chi connectivity index (χ0v) is 15.0. The highest BCUT2D eigenvalue weighted by Gasteiger charge is 2.27. The molecule has 0 radical (unpaired) electrons. The van der Waals surface area contributed by atoms with Gasteiger partial charge in [0.15, 0.2) is 0 Å². The summed E-state index contributed by atoms with van der Waals surface area (Å²) >= 11 is 0. The Morgan fingerprint density at radius 2 is 1.89 bits per heavy atom. The second-order valence-electron chi connectivity index (χ2n) is 6.56. The minimum Gasteiger partial charge on any atom is -0.469 e. The number of ether oxygens (including phenoxy) is 1. The zero-order valence-electron chi connectivity index (χ0n) is 15.0. The summed E-state index contributed by atoms with van der Waals surface area (Å²) in [4.78, 5) is 24.1. The fourth-order valence-electron chi connectivity index (χ4n) is 3.26. The quantitative estimate of drug-likeness (QED) is 0.836. The number of nitrogens with one attached hydrogen (secondary N) is 1. The van der Waals surface area contributed by atoms with E-state index in [9.17, 15) is 9.59 Å². The summed E-state index contributed by atoms with van der Waals surface area (Å²) < 4.78 is 4.79. The molecule has 0 aliphatic heterocycles. The summed E-state index contributed by atoms with van der Waals surface area (Å²) in [5.74, 6) is -0.458. The topological polar surface area (TPSA) is 105 Å². The molecule has 0 atom stereocenters. The van der Waals surface area contributed by atoms with Crippen molar-refractivity contribution >= 4 is 11.9 Å². The molecule has 1 N–H and O–H groups in total. The fraction of sp³-hybridized carbons (Fsp3) is 0.350. The van der Waals surface area contributed by atoms with Gasteiger partial charge in [0.1, 0.15) is 0 Å². The third kappa shape index (κ3) is 4.47. The van der Waals surface area contributed by atoms with Crippen molar-refractivity contribution in [2.24, 2.45) is 5.92 Å². The Bertz CT molecular complexity index is 866. The lowest BCUT2D eigenvalue weighted by Gasteiger charge is -2.27. The number of benzene rings is 1. The van der Waals surface area contributed by atoms with Crippen LogP contribution >= 0.6 is 0 Å². The molecule has 0 bridgehead atoms. The molecule has 1 saturated carbocycles. The van der Waals surface area contributed by atoms with E-state index in [1.807, 2.05) is 0 Å². The molecule has 0 unspecified atom stereocenters. The lowest BCUT2D eigenvalue weighted by atomic mass is 9.86. The fourth-order valence-corrected chi connectivity index (χ4v) is 3.26. The number of carbonyl (C=O) groups is 2. The van der Waals surface area contributed by atoms with E-state index in [1.165, 1.54) is 13.3 Å².